The van der Waals surface area contributed by atoms with E-state index < -0.39 is 0 Å². The summed E-state index contributed by atoms with van der Waals surface area (Å²) >= 11 is 9.79. The van der Waals surface area contributed by atoms with Gasteiger partial charge in [-0.05, 0) is 83.5 Å². The van der Waals surface area contributed by atoms with Gasteiger partial charge in [-0.25, -0.2) is 4.79 Å². The van der Waals surface area contributed by atoms with Crippen LogP contribution >= 0.6 is 27.5 Å². The van der Waals surface area contributed by atoms with Gasteiger partial charge >= 0.3 is 6.03 Å². The normalized spacial score (nSPS) is 17.7. The molecule has 0 spiro atoms. The van der Waals surface area contributed by atoms with E-state index in [1.165, 1.54) is 11.1 Å². The molecule has 2 aromatic rings. The molecule has 0 saturated carbocycles. The Hall–Kier alpha value is -2.61. The molecule has 0 aromatic heterocycles. The predicted octanol–water partition coefficient (Wildman–Crippen LogP) is 4.25. The minimum absolute atomic E-state index is 0.0375. The molecule has 2 aromatic carbocycles. The van der Waals surface area contributed by atoms with Gasteiger partial charge < -0.3 is 16.0 Å². The van der Waals surface area contributed by atoms with Gasteiger partial charge in [0.05, 0.1) is 5.57 Å². The number of amides is 3. The number of benzene rings is 2. The summed E-state index contributed by atoms with van der Waals surface area (Å²) < 4.78 is 1.01. The van der Waals surface area contributed by atoms with E-state index in [4.69, 9.17) is 17.3 Å². The van der Waals surface area contributed by atoms with Crippen molar-refractivity contribution in [2.75, 3.05) is 39.3 Å². The summed E-state index contributed by atoms with van der Waals surface area (Å²) in [6, 6.07) is 11.8. The average molecular weight is 556 g/mol. The van der Waals surface area contributed by atoms with Gasteiger partial charge in [-0.3, -0.25) is 9.69 Å². The van der Waals surface area contributed by atoms with Crippen molar-refractivity contribution in [3.8, 4) is 0 Å². The van der Waals surface area contributed by atoms with E-state index >= 15 is 0 Å². The van der Waals surface area contributed by atoms with Crippen LogP contribution in [0.25, 0.3) is 11.6 Å². The first-order chi connectivity index (χ1) is 16.9. The summed E-state index contributed by atoms with van der Waals surface area (Å²) in [7, 11) is 0. The first-order valence-electron chi connectivity index (χ1n) is 12.0. The van der Waals surface area contributed by atoms with E-state index in [2.05, 4.69) is 44.4 Å². The molecule has 5 rings (SSSR count). The molecule has 0 atom stereocenters. The summed E-state index contributed by atoms with van der Waals surface area (Å²) in [5, 5.41) is 3.88. The van der Waals surface area contributed by atoms with Crippen LogP contribution in [0.5, 0.6) is 0 Å². The van der Waals surface area contributed by atoms with E-state index in [1.54, 1.807) is 4.90 Å². The number of rotatable bonds is 5. The highest BCUT2D eigenvalue weighted by molar-refractivity contribution is 9.10. The molecule has 3 aliphatic rings. The fraction of sp³-hybridized carbons (Fsp3) is 0.333. The number of hydrogen-bond donors (Lipinski definition) is 2. The molecule has 0 radical (unpaired) electrons. The molecule has 35 heavy (non-hydrogen) atoms. The van der Waals surface area contributed by atoms with Gasteiger partial charge in [0.25, 0.3) is 5.91 Å². The molecule has 1 aliphatic heterocycles. The number of carbonyl (C=O) groups excluding carboxylic acids is 2. The second-order valence-corrected chi connectivity index (χ2v) is 10.6. The quantitative estimate of drug-likeness (QED) is 0.579. The van der Waals surface area contributed by atoms with Gasteiger partial charge in [0.1, 0.15) is 0 Å². The van der Waals surface area contributed by atoms with Gasteiger partial charge in [-0.15, -0.1) is 0 Å². The molecule has 1 fully saturated rings. The summed E-state index contributed by atoms with van der Waals surface area (Å²) in [6.07, 6.45) is 4.59. The first-order valence-corrected chi connectivity index (χ1v) is 13.1. The fourth-order valence-corrected chi connectivity index (χ4v) is 5.85. The standard InChI is InChI=1S/C27H28BrClN4O2/c28-21-3-5-23-20(14-21)16-24(19-12-17-2-4-22(29)15-18(17)13-19)25(23)26(34)31-6-9-32-7-1-8-33(11-10-32)27(30)35/h2-5,13-15H,1,6-12,16H2,(H2,30,35)(H,31,34). The number of hydrogen-bond acceptors (Lipinski definition) is 3. The number of nitrogens with one attached hydrogen (secondary N) is 1. The predicted molar refractivity (Wildman–Crippen MR) is 143 cm³/mol. The molecule has 1 saturated heterocycles. The van der Waals surface area contributed by atoms with Crippen molar-refractivity contribution in [3.63, 3.8) is 0 Å². The van der Waals surface area contributed by atoms with Crippen LogP contribution < -0.4 is 11.1 Å². The minimum Gasteiger partial charge on any atom is -0.351 e. The lowest BCUT2D eigenvalue weighted by Gasteiger charge is -2.21. The van der Waals surface area contributed by atoms with Crippen molar-refractivity contribution in [2.24, 2.45) is 5.73 Å². The van der Waals surface area contributed by atoms with Gasteiger partial charge in [0, 0.05) is 42.2 Å². The third-order valence-corrected chi connectivity index (χ3v) is 7.78. The zero-order valence-electron chi connectivity index (χ0n) is 19.4. The maximum absolute atomic E-state index is 13.5. The van der Waals surface area contributed by atoms with Gasteiger partial charge in [0.2, 0.25) is 0 Å². The number of halogens is 2. The van der Waals surface area contributed by atoms with Crippen LogP contribution in [0, 0.1) is 0 Å². The van der Waals surface area contributed by atoms with Crippen molar-refractivity contribution in [1.29, 1.82) is 0 Å². The van der Waals surface area contributed by atoms with Crippen LogP contribution in [-0.2, 0) is 17.6 Å². The van der Waals surface area contributed by atoms with Crippen molar-refractivity contribution in [3.05, 3.63) is 79.3 Å². The van der Waals surface area contributed by atoms with Gasteiger partial charge in [-0.1, -0.05) is 45.7 Å². The fourth-order valence-electron chi connectivity index (χ4n) is 5.26. The largest absolute Gasteiger partial charge is 0.351 e. The Balaban J connectivity index is 1.32. The number of nitrogens with zero attached hydrogens (tertiary/aromatic N) is 2. The molecule has 2 aliphatic carbocycles. The van der Waals surface area contributed by atoms with Gasteiger partial charge in [0.15, 0.2) is 0 Å². The summed E-state index contributed by atoms with van der Waals surface area (Å²) in [5.41, 5.74) is 13.0. The molecule has 3 amide bonds. The molecule has 1 heterocycles. The topological polar surface area (TPSA) is 78.7 Å². The van der Waals surface area contributed by atoms with Crippen molar-refractivity contribution in [1.82, 2.24) is 15.1 Å². The third kappa shape index (κ3) is 5.17. The number of fused-ring (bicyclic) bond motifs is 2. The van der Waals surface area contributed by atoms with Crippen molar-refractivity contribution in [2.45, 2.75) is 19.3 Å². The summed E-state index contributed by atoms with van der Waals surface area (Å²) in [4.78, 5) is 28.9. The molecule has 0 bridgehead atoms. The van der Waals surface area contributed by atoms with E-state index in [-0.39, 0.29) is 11.9 Å². The number of primary amides is 1. The lowest BCUT2D eigenvalue weighted by molar-refractivity contribution is -0.115. The highest BCUT2D eigenvalue weighted by atomic mass is 79.9. The Morgan fingerprint density at radius 1 is 1.03 bits per heavy atom. The van der Waals surface area contributed by atoms with E-state index in [0.29, 0.717) is 19.6 Å². The van der Waals surface area contributed by atoms with Crippen molar-refractivity contribution >= 4 is 51.1 Å². The number of carbonyl (C=O) groups is 2. The zero-order chi connectivity index (χ0) is 24.5. The second-order valence-electron chi connectivity index (χ2n) is 9.30. The molecule has 3 N–H and O–H groups in total. The van der Waals surface area contributed by atoms with Crippen LogP contribution in [0.15, 0.2) is 52.0 Å². The molecule has 8 heteroatoms. The third-order valence-electron chi connectivity index (χ3n) is 7.05. The van der Waals surface area contributed by atoms with Gasteiger partial charge in [-0.2, -0.15) is 0 Å². The SMILES string of the molecule is NC(=O)N1CCCN(CCNC(=O)C2=C(C3=Cc4cc(Cl)ccc4C3)Cc3cc(Br)ccc32)CC1. The Bertz CT molecular complexity index is 1260. The van der Waals surface area contributed by atoms with E-state index in [1.807, 2.05) is 24.3 Å². The highest BCUT2D eigenvalue weighted by Crippen LogP contribution is 2.42. The Kier molecular flexibility index (Phi) is 7.00. The smallest absolute Gasteiger partial charge is 0.314 e. The Morgan fingerprint density at radius 2 is 1.89 bits per heavy atom. The molecule has 182 valence electrons. The second kappa shape index (κ2) is 10.2. The van der Waals surface area contributed by atoms with E-state index in [9.17, 15) is 9.59 Å². The Labute approximate surface area is 218 Å². The lowest BCUT2D eigenvalue weighted by Crippen LogP contribution is -2.40. The molecular weight excluding hydrogens is 528 g/mol. The zero-order valence-corrected chi connectivity index (χ0v) is 21.8. The minimum atomic E-state index is -0.364. The van der Waals surface area contributed by atoms with Crippen LogP contribution in [-0.4, -0.2) is 61.0 Å². The average Bonchev–Trinajstić information content (AvgIpc) is 3.31. The maximum atomic E-state index is 13.5. The van der Waals surface area contributed by atoms with Crippen LogP contribution in [0.1, 0.15) is 28.7 Å². The van der Waals surface area contributed by atoms with Crippen molar-refractivity contribution < 1.29 is 9.59 Å². The first kappa shape index (κ1) is 24.1. The molecule has 6 nitrogen and oxygen atoms in total. The van der Waals surface area contributed by atoms with E-state index in [0.717, 1.165) is 76.2 Å². The highest BCUT2D eigenvalue weighted by Gasteiger charge is 2.30. The number of urea groups is 1. The number of allylic oxidation sites excluding steroid dienone is 2. The number of nitrogens with two attached hydrogens (primary N) is 1. The van der Waals surface area contributed by atoms with Crippen LogP contribution in [0.4, 0.5) is 4.79 Å². The van der Waals surface area contributed by atoms with Crippen LogP contribution in [0.2, 0.25) is 5.02 Å². The summed E-state index contributed by atoms with van der Waals surface area (Å²) in [6.45, 7) is 4.24. The monoisotopic (exact) mass is 554 g/mol. The molecular formula is C27H28BrClN4O2. The lowest BCUT2D eigenvalue weighted by atomic mass is 9.98. The maximum Gasteiger partial charge on any atom is 0.314 e. The Morgan fingerprint density at radius 3 is 2.71 bits per heavy atom. The molecule has 0 unspecified atom stereocenters. The van der Waals surface area contributed by atoms with Crippen LogP contribution in [0.3, 0.4) is 0 Å². The summed E-state index contributed by atoms with van der Waals surface area (Å²) in [5.74, 6) is -0.0375.